The normalized spacial score (nSPS) is 10.5. The van der Waals surface area contributed by atoms with Crippen molar-refractivity contribution in [1.29, 1.82) is 0 Å². The van der Waals surface area contributed by atoms with E-state index in [4.69, 9.17) is 4.74 Å². The fourth-order valence-electron chi connectivity index (χ4n) is 2.53. The Balaban J connectivity index is 1.81. The van der Waals surface area contributed by atoms with Crippen LogP contribution in [0.25, 0.3) is 11.3 Å². The molecular weight excluding hydrogens is 321 g/mol. The predicted molar refractivity (Wildman–Crippen MR) is 94.0 cm³/mol. The molecule has 3 aromatic rings. The number of aromatic nitrogens is 2. The smallest absolute Gasteiger partial charge is 0.228 e. The lowest BCUT2D eigenvalue weighted by molar-refractivity contribution is -0.115. The molecule has 25 heavy (non-hydrogen) atoms. The number of hydrogen-bond acceptors (Lipinski definition) is 3. The monoisotopic (exact) mass is 339 g/mol. The third-order valence-electron chi connectivity index (χ3n) is 3.83. The zero-order valence-corrected chi connectivity index (χ0v) is 14.0. The lowest BCUT2D eigenvalue weighted by Crippen LogP contribution is -2.15. The molecule has 0 spiro atoms. The molecule has 0 bridgehead atoms. The fraction of sp³-hybridized carbons (Fsp3) is 0.158. The van der Waals surface area contributed by atoms with Gasteiger partial charge >= 0.3 is 0 Å². The summed E-state index contributed by atoms with van der Waals surface area (Å²) in [4.78, 5) is 12.4. The number of aryl methyl sites for hydroxylation is 1. The highest BCUT2D eigenvalue weighted by atomic mass is 19.1. The molecule has 1 amide bonds. The van der Waals surface area contributed by atoms with Crippen molar-refractivity contribution < 1.29 is 13.9 Å². The molecule has 3 rings (SSSR count). The summed E-state index contributed by atoms with van der Waals surface area (Å²) >= 11 is 0. The maximum atomic E-state index is 13.0. The highest BCUT2D eigenvalue weighted by Crippen LogP contribution is 2.30. The quantitative estimate of drug-likeness (QED) is 0.744. The number of amides is 1. The van der Waals surface area contributed by atoms with E-state index in [1.807, 2.05) is 31.2 Å². The molecule has 2 aromatic carbocycles. The van der Waals surface area contributed by atoms with Gasteiger partial charge in [-0.3, -0.25) is 9.89 Å². The summed E-state index contributed by atoms with van der Waals surface area (Å²) in [6, 6.07) is 13.3. The molecule has 2 N–H and O–H groups in total. The number of aromatic amines is 1. The number of anilines is 1. The van der Waals surface area contributed by atoms with Gasteiger partial charge in [-0.1, -0.05) is 24.3 Å². The molecule has 1 heterocycles. The minimum Gasteiger partial charge on any atom is -0.497 e. The second-order valence-corrected chi connectivity index (χ2v) is 5.66. The zero-order valence-electron chi connectivity index (χ0n) is 14.0. The topological polar surface area (TPSA) is 67.0 Å². The first-order valence-electron chi connectivity index (χ1n) is 7.80. The van der Waals surface area contributed by atoms with Gasteiger partial charge in [0.05, 0.1) is 24.9 Å². The molecule has 0 atom stereocenters. The third kappa shape index (κ3) is 3.85. The molecule has 0 unspecified atom stereocenters. The number of carbonyl (C=O) groups is 1. The van der Waals surface area contributed by atoms with Crippen LogP contribution >= 0.6 is 0 Å². The summed E-state index contributed by atoms with van der Waals surface area (Å²) in [5.41, 5.74) is 3.60. The van der Waals surface area contributed by atoms with E-state index in [1.165, 1.54) is 12.1 Å². The predicted octanol–water partition coefficient (Wildman–Crippen LogP) is 3.71. The Hall–Kier alpha value is -3.15. The third-order valence-corrected chi connectivity index (χ3v) is 3.83. The number of nitrogens with zero attached hydrogens (tertiary/aromatic N) is 1. The molecule has 0 radical (unpaired) electrons. The average molecular weight is 339 g/mol. The number of H-pyrrole nitrogens is 1. The first kappa shape index (κ1) is 16.7. The number of benzene rings is 2. The van der Waals surface area contributed by atoms with Gasteiger partial charge in [-0.2, -0.15) is 5.10 Å². The van der Waals surface area contributed by atoms with Crippen LogP contribution in [0.1, 0.15) is 11.3 Å². The maximum absolute atomic E-state index is 13.0. The second kappa shape index (κ2) is 7.17. The van der Waals surface area contributed by atoms with Crippen LogP contribution in [0.3, 0.4) is 0 Å². The van der Waals surface area contributed by atoms with Crippen molar-refractivity contribution in [3.8, 4) is 17.0 Å². The van der Waals surface area contributed by atoms with Crippen molar-refractivity contribution >= 4 is 11.6 Å². The van der Waals surface area contributed by atoms with Gasteiger partial charge in [0.2, 0.25) is 5.91 Å². The van der Waals surface area contributed by atoms with Crippen molar-refractivity contribution in [2.45, 2.75) is 13.3 Å². The average Bonchev–Trinajstić information content (AvgIpc) is 2.97. The van der Waals surface area contributed by atoms with Crippen LogP contribution in [-0.2, 0) is 11.2 Å². The fourth-order valence-corrected chi connectivity index (χ4v) is 2.53. The largest absolute Gasteiger partial charge is 0.497 e. The van der Waals surface area contributed by atoms with Gasteiger partial charge in [0, 0.05) is 5.56 Å². The lowest BCUT2D eigenvalue weighted by atomic mass is 10.1. The van der Waals surface area contributed by atoms with Gasteiger partial charge in [0.15, 0.2) is 0 Å². The summed E-state index contributed by atoms with van der Waals surface area (Å²) in [5, 5.41) is 10.1. The Bertz CT molecular complexity index is 888. The van der Waals surface area contributed by atoms with Crippen molar-refractivity contribution in [3.63, 3.8) is 0 Å². The molecule has 0 saturated heterocycles. The molecule has 0 saturated carbocycles. The van der Waals surface area contributed by atoms with Gasteiger partial charge in [-0.15, -0.1) is 0 Å². The molecule has 0 aliphatic carbocycles. The number of carbonyl (C=O) groups excluding carboxylic acids is 1. The first-order chi connectivity index (χ1) is 12.1. The molecule has 6 heteroatoms. The van der Waals surface area contributed by atoms with E-state index < -0.39 is 0 Å². The van der Waals surface area contributed by atoms with E-state index in [-0.39, 0.29) is 18.1 Å². The first-order valence-corrected chi connectivity index (χ1v) is 7.80. The summed E-state index contributed by atoms with van der Waals surface area (Å²) in [7, 11) is 1.60. The minimum atomic E-state index is -0.324. The molecule has 0 aliphatic heterocycles. The molecule has 128 valence electrons. The van der Waals surface area contributed by atoms with Crippen LogP contribution in [0, 0.1) is 12.7 Å². The second-order valence-electron chi connectivity index (χ2n) is 5.66. The van der Waals surface area contributed by atoms with E-state index in [0.717, 1.165) is 16.8 Å². The Labute approximate surface area is 144 Å². The van der Waals surface area contributed by atoms with Crippen LogP contribution in [0.4, 0.5) is 10.1 Å². The van der Waals surface area contributed by atoms with Crippen molar-refractivity contribution in [2.24, 2.45) is 0 Å². The Kier molecular flexibility index (Phi) is 4.79. The van der Waals surface area contributed by atoms with Crippen molar-refractivity contribution in [1.82, 2.24) is 10.2 Å². The van der Waals surface area contributed by atoms with Crippen LogP contribution in [-0.4, -0.2) is 23.2 Å². The van der Waals surface area contributed by atoms with Crippen LogP contribution < -0.4 is 10.1 Å². The van der Waals surface area contributed by atoms with Gasteiger partial charge in [0.1, 0.15) is 17.3 Å². The number of ether oxygens (including phenoxy) is 1. The number of halogens is 1. The highest BCUT2D eigenvalue weighted by Gasteiger charge is 2.15. The molecule has 1 aromatic heterocycles. The van der Waals surface area contributed by atoms with Gasteiger partial charge < -0.3 is 10.1 Å². The van der Waals surface area contributed by atoms with Gasteiger partial charge in [-0.25, -0.2) is 4.39 Å². The highest BCUT2D eigenvalue weighted by molar-refractivity contribution is 5.96. The lowest BCUT2D eigenvalue weighted by Gasteiger charge is -2.08. The molecule has 5 nitrogen and oxygen atoms in total. The van der Waals surface area contributed by atoms with Gasteiger partial charge in [-0.05, 0) is 36.8 Å². The summed E-state index contributed by atoms with van der Waals surface area (Å²) in [5.74, 6) is 0.192. The Morgan fingerprint density at radius 3 is 2.72 bits per heavy atom. The Morgan fingerprint density at radius 2 is 2.00 bits per heavy atom. The Morgan fingerprint density at radius 1 is 1.24 bits per heavy atom. The van der Waals surface area contributed by atoms with E-state index in [0.29, 0.717) is 17.1 Å². The van der Waals surface area contributed by atoms with Crippen LogP contribution in [0.15, 0.2) is 48.5 Å². The van der Waals surface area contributed by atoms with E-state index in [2.05, 4.69) is 15.5 Å². The van der Waals surface area contributed by atoms with E-state index in [9.17, 15) is 9.18 Å². The molecule has 0 aliphatic rings. The number of rotatable bonds is 5. The summed E-state index contributed by atoms with van der Waals surface area (Å²) in [6.45, 7) is 1.84. The summed E-state index contributed by atoms with van der Waals surface area (Å²) < 4.78 is 18.2. The maximum Gasteiger partial charge on any atom is 0.228 e. The van der Waals surface area contributed by atoms with Crippen LogP contribution in [0.2, 0.25) is 0 Å². The zero-order chi connectivity index (χ0) is 17.8. The van der Waals surface area contributed by atoms with Crippen molar-refractivity contribution in [2.75, 3.05) is 12.4 Å². The number of hydrogen-bond donors (Lipinski definition) is 2. The van der Waals surface area contributed by atoms with Crippen molar-refractivity contribution in [3.05, 3.63) is 65.6 Å². The van der Waals surface area contributed by atoms with E-state index >= 15 is 0 Å². The molecule has 0 fully saturated rings. The van der Waals surface area contributed by atoms with Crippen LogP contribution in [0.5, 0.6) is 5.75 Å². The standard InChI is InChI=1S/C19H18FN3O2/c1-12-18(21-17(24)10-13-6-8-15(20)9-7-13)19(23-22-12)14-4-3-5-16(11-14)25-2/h3-9,11H,10H2,1-2H3,(H,21,24)(H,22,23). The number of nitrogens with one attached hydrogen (secondary N) is 2. The summed E-state index contributed by atoms with van der Waals surface area (Å²) in [6.07, 6.45) is 0.155. The number of methoxy groups -OCH3 is 1. The molecular formula is C19H18FN3O2. The SMILES string of the molecule is COc1cccc(-c2n[nH]c(C)c2NC(=O)Cc2ccc(F)cc2)c1. The minimum absolute atomic E-state index is 0.155. The van der Waals surface area contributed by atoms with E-state index in [1.54, 1.807) is 19.2 Å². The van der Waals surface area contributed by atoms with Gasteiger partial charge in [0.25, 0.3) is 0 Å².